The van der Waals surface area contributed by atoms with Gasteiger partial charge in [0.25, 0.3) is 5.91 Å². The summed E-state index contributed by atoms with van der Waals surface area (Å²) in [5, 5.41) is 3.62. The highest BCUT2D eigenvalue weighted by Gasteiger charge is 2.37. The molecule has 0 saturated carbocycles. The van der Waals surface area contributed by atoms with Gasteiger partial charge in [-0.1, -0.05) is 0 Å². The Balaban J connectivity index is 1.18. The number of hydrogen-bond acceptors (Lipinski definition) is 6. The van der Waals surface area contributed by atoms with Gasteiger partial charge < -0.3 is 19.7 Å². The van der Waals surface area contributed by atoms with Crippen LogP contribution in [0.1, 0.15) is 33.8 Å². The molecule has 0 unspecified atom stereocenters. The Hall–Kier alpha value is -2.61. The number of fused-ring (bicyclic) bond motifs is 2. The Bertz CT molecular complexity index is 896. The van der Waals surface area contributed by atoms with Crippen LogP contribution in [-0.4, -0.2) is 41.6 Å². The molecule has 140 valence electrons. The number of thiazole rings is 1. The van der Waals surface area contributed by atoms with Gasteiger partial charge in [0.2, 0.25) is 12.7 Å². The first-order chi connectivity index (χ1) is 13.2. The molecule has 1 fully saturated rings. The molecular formula is C19H19N3O4S. The number of anilines is 1. The first-order valence-electron chi connectivity index (χ1n) is 9.16. The third-order valence-electron chi connectivity index (χ3n) is 5.23. The number of rotatable bonds is 3. The molecule has 0 atom stereocenters. The number of aryl methyl sites for hydroxylation is 2. The highest BCUT2D eigenvalue weighted by Crippen LogP contribution is 2.34. The number of ether oxygens (including phenoxy) is 2. The van der Waals surface area contributed by atoms with E-state index in [-0.39, 0.29) is 24.5 Å². The molecule has 1 aromatic heterocycles. The van der Waals surface area contributed by atoms with E-state index in [2.05, 4.69) is 10.3 Å². The predicted molar refractivity (Wildman–Crippen MR) is 99.3 cm³/mol. The molecule has 0 radical (unpaired) electrons. The lowest BCUT2D eigenvalue weighted by Gasteiger charge is -2.38. The molecular weight excluding hydrogens is 366 g/mol. The van der Waals surface area contributed by atoms with E-state index < -0.39 is 0 Å². The van der Waals surface area contributed by atoms with Gasteiger partial charge in [0, 0.05) is 23.5 Å². The van der Waals surface area contributed by atoms with Crippen LogP contribution in [0.2, 0.25) is 0 Å². The van der Waals surface area contributed by atoms with Crippen molar-refractivity contribution in [3.63, 3.8) is 0 Å². The molecule has 3 aliphatic rings. The van der Waals surface area contributed by atoms with Crippen LogP contribution in [0.3, 0.4) is 0 Å². The summed E-state index contributed by atoms with van der Waals surface area (Å²) in [5.74, 6) is 0.892. The van der Waals surface area contributed by atoms with Gasteiger partial charge in [0.1, 0.15) is 0 Å². The Labute approximate surface area is 160 Å². The second-order valence-electron chi connectivity index (χ2n) is 7.06. The minimum atomic E-state index is -0.191. The topological polar surface area (TPSA) is 80.8 Å². The zero-order valence-corrected chi connectivity index (χ0v) is 15.5. The smallest absolute Gasteiger partial charge is 0.254 e. The van der Waals surface area contributed by atoms with Crippen molar-refractivity contribution in [2.24, 2.45) is 5.92 Å². The number of likely N-dealkylation sites (tertiary alicyclic amines) is 1. The quantitative estimate of drug-likeness (QED) is 0.878. The molecule has 0 spiro atoms. The SMILES string of the molecule is O=C(Nc1nc2c(s1)CCCC2)C1CN(C(=O)c2ccc3c(c2)OCO3)C1. The zero-order chi connectivity index (χ0) is 18.4. The molecule has 1 N–H and O–H groups in total. The van der Waals surface area contributed by atoms with E-state index in [1.807, 2.05) is 0 Å². The number of nitrogens with one attached hydrogen (secondary N) is 1. The van der Waals surface area contributed by atoms with Crippen molar-refractivity contribution in [1.29, 1.82) is 0 Å². The van der Waals surface area contributed by atoms with E-state index >= 15 is 0 Å². The summed E-state index contributed by atoms with van der Waals surface area (Å²) in [6, 6.07) is 5.16. The monoisotopic (exact) mass is 385 g/mol. The van der Waals surface area contributed by atoms with E-state index in [1.165, 1.54) is 17.7 Å². The number of carbonyl (C=O) groups excluding carboxylic acids is 2. The van der Waals surface area contributed by atoms with E-state index in [1.54, 1.807) is 34.4 Å². The molecule has 1 aromatic carbocycles. The van der Waals surface area contributed by atoms with E-state index in [9.17, 15) is 9.59 Å². The Morgan fingerprint density at radius 2 is 1.96 bits per heavy atom. The number of benzene rings is 1. The van der Waals surface area contributed by atoms with Crippen molar-refractivity contribution in [3.05, 3.63) is 34.3 Å². The molecule has 1 aliphatic carbocycles. The highest BCUT2D eigenvalue weighted by atomic mass is 32.1. The Kier molecular flexibility index (Phi) is 4.00. The van der Waals surface area contributed by atoms with Gasteiger partial charge in [-0.15, -0.1) is 11.3 Å². The molecule has 7 nitrogen and oxygen atoms in total. The largest absolute Gasteiger partial charge is 0.454 e. The van der Waals surface area contributed by atoms with E-state index in [0.29, 0.717) is 35.3 Å². The molecule has 0 bridgehead atoms. The van der Waals surface area contributed by atoms with Gasteiger partial charge in [-0.2, -0.15) is 0 Å². The lowest BCUT2D eigenvalue weighted by atomic mass is 9.98. The second kappa shape index (κ2) is 6.53. The molecule has 2 amide bonds. The van der Waals surface area contributed by atoms with Crippen molar-refractivity contribution in [3.8, 4) is 11.5 Å². The fraction of sp³-hybridized carbons (Fsp3) is 0.421. The summed E-state index contributed by atoms with van der Waals surface area (Å²) in [7, 11) is 0. The van der Waals surface area contributed by atoms with Gasteiger partial charge in [-0.25, -0.2) is 4.98 Å². The summed E-state index contributed by atoms with van der Waals surface area (Å²) < 4.78 is 10.6. The Morgan fingerprint density at radius 3 is 2.81 bits per heavy atom. The van der Waals surface area contributed by atoms with Gasteiger partial charge in [-0.3, -0.25) is 9.59 Å². The van der Waals surface area contributed by atoms with Crippen molar-refractivity contribution in [1.82, 2.24) is 9.88 Å². The molecule has 3 heterocycles. The summed E-state index contributed by atoms with van der Waals surface area (Å²) in [6.45, 7) is 1.02. The third kappa shape index (κ3) is 3.03. The van der Waals surface area contributed by atoms with Crippen LogP contribution in [0, 0.1) is 5.92 Å². The number of hydrogen-bond donors (Lipinski definition) is 1. The standard InChI is InChI=1S/C19H19N3O4S/c23-17(21-19-20-13-3-1-2-4-16(13)27-19)12-8-22(9-12)18(24)11-5-6-14-15(7-11)26-10-25-14/h5-7,12H,1-4,8-10H2,(H,20,21,23). The zero-order valence-electron chi connectivity index (χ0n) is 14.7. The van der Waals surface area contributed by atoms with Crippen LogP contribution in [0.25, 0.3) is 0 Å². The number of amides is 2. The van der Waals surface area contributed by atoms with Gasteiger partial charge in [0.15, 0.2) is 16.6 Å². The van der Waals surface area contributed by atoms with E-state index in [4.69, 9.17) is 9.47 Å². The predicted octanol–water partition coefficient (Wildman–Crippen LogP) is 2.46. The molecule has 1 saturated heterocycles. The fourth-order valence-corrected chi connectivity index (χ4v) is 4.69. The first kappa shape index (κ1) is 16.6. The minimum absolute atomic E-state index is 0.0594. The number of aromatic nitrogens is 1. The van der Waals surface area contributed by atoms with Crippen molar-refractivity contribution >= 4 is 28.3 Å². The van der Waals surface area contributed by atoms with Crippen LogP contribution < -0.4 is 14.8 Å². The van der Waals surface area contributed by atoms with Crippen LogP contribution in [0.4, 0.5) is 5.13 Å². The fourth-order valence-electron chi connectivity index (χ4n) is 3.64. The van der Waals surface area contributed by atoms with Crippen LogP contribution in [0.5, 0.6) is 11.5 Å². The highest BCUT2D eigenvalue weighted by molar-refractivity contribution is 7.15. The summed E-state index contributed by atoms with van der Waals surface area (Å²) in [6.07, 6.45) is 4.43. The second-order valence-corrected chi connectivity index (χ2v) is 8.14. The molecule has 27 heavy (non-hydrogen) atoms. The van der Waals surface area contributed by atoms with Crippen molar-refractivity contribution in [2.45, 2.75) is 25.7 Å². The van der Waals surface area contributed by atoms with Crippen LogP contribution in [0.15, 0.2) is 18.2 Å². The van der Waals surface area contributed by atoms with Crippen molar-refractivity contribution in [2.75, 3.05) is 25.2 Å². The third-order valence-corrected chi connectivity index (χ3v) is 6.31. The van der Waals surface area contributed by atoms with Crippen molar-refractivity contribution < 1.29 is 19.1 Å². The maximum atomic E-state index is 12.6. The van der Waals surface area contributed by atoms with Crippen LogP contribution in [-0.2, 0) is 17.6 Å². The van der Waals surface area contributed by atoms with Gasteiger partial charge >= 0.3 is 0 Å². The summed E-state index contributed by atoms with van der Waals surface area (Å²) >= 11 is 1.58. The van der Waals surface area contributed by atoms with Gasteiger partial charge in [-0.05, 0) is 43.9 Å². The maximum Gasteiger partial charge on any atom is 0.254 e. The molecule has 2 aliphatic heterocycles. The first-order valence-corrected chi connectivity index (χ1v) is 9.97. The number of carbonyl (C=O) groups is 2. The average Bonchev–Trinajstić information content (AvgIpc) is 3.25. The summed E-state index contributed by atoms with van der Waals surface area (Å²) in [4.78, 5) is 32.5. The molecule has 2 aromatic rings. The lowest BCUT2D eigenvalue weighted by molar-refractivity contribution is -0.123. The normalized spacial score (nSPS) is 18.0. The Morgan fingerprint density at radius 1 is 1.15 bits per heavy atom. The average molecular weight is 385 g/mol. The number of nitrogens with zero attached hydrogens (tertiary/aromatic N) is 2. The minimum Gasteiger partial charge on any atom is -0.454 e. The lowest BCUT2D eigenvalue weighted by Crippen LogP contribution is -2.54. The van der Waals surface area contributed by atoms with Gasteiger partial charge in [0.05, 0.1) is 11.6 Å². The van der Waals surface area contributed by atoms with E-state index in [0.717, 1.165) is 18.5 Å². The molecule has 5 rings (SSSR count). The summed E-state index contributed by atoms with van der Waals surface area (Å²) in [5.41, 5.74) is 1.68. The molecule has 8 heteroatoms. The van der Waals surface area contributed by atoms with Crippen LogP contribution >= 0.6 is 11.3 Å². The maximum absolute atomic E-state index is 12.6.